The molecule has 2 aliphatic rings. The van der Waals surface area contributed by atoms with E-state index in [9.17, 15) is 14.0 Å². The average Bonchev–Trinajstić information content (AvgIpc) is 2.94. The van der Waals surface area contributed by atoms with Crippen molar-refractivity contribution in [3.63, 3.8) is 0 Å². The number of ether oxygens (including phenoxy) is 1. The standard InChI is InChI=1S/C19H25FN2O3/c1-12(23)21-11-19(2,3)8-13-9-22(10-13)18(24)17-7-14-15(20)5-4-6-16(14)25-17/h4-6,13,17H,7-11H2,1-3H3,(H,21,23). The molecule has 5 nitrogen and oxygen atoms in total. The Morgan fingerprint density at radius 3 is 2.72 bits per heavy atom. The molecule has 6 heteroatoms. The van der Waals surface area contributed by atoms with E-state index in [0.29, 0.717) is 43.3 Å². The Labute approximate surface area is 147 Å². The van der Waals surface area contributed by atoms with Gasteiger partial charge >= 0.3 is 0 Å². The van der Waals surface area contributed by atoms with Crippen molar-refractivity contribution in [2.24, 2.45) is 11.3 Å². The summed E-state index contributed by atoms with van der Waals surface area (Å²) in [5, 5.41) is 2.86. The molecule has 1 N–H and O–H groups in total. The second-order valence-corrected chi connectivity index (χ2v) is 7.91. The second kappa shape index (κ2) is 6.65. The van der Waals surface area contributed by atoms with Crippen molar-refractivity contribution in [2.75, 3.05) is 19.6 Å². The molecule has 3 rings (SSSR count). The number of fused-ring (bicyclic) bond motifs is 1. The van der Waals surface area contributed by atoms with Crippen molar-refractivity contribution in [3.05, 3.63) is 29.6 Å². The van der Waals surface area contributed by atoms with Crippen LogP contribution < -0.4 is 10.1 Å². The SMILES string of the molecule is CC(=O)NCC(C)(C)CC1CN(C(=O)C2Cc3c(F)cccc3O2)C1. The first-order chi connectivity index (χ1) is 11.7. The van der Waals surface area contributed by atoms with Gasteiger partial charge in [0.1, 0.15) is 11.6 Å². The molecule has 0 radical (unpaired) electrons. The van der Waals surface area contributed by atoms with E-state index in [1.165, 1.54) is 13.0 Å². The van der Waals surface area contributed by atoms with Crippen LogP contribution in [0.2, 0.25) is 0 Å². The van der Waals surface area contributed by atoms with Crippen LogP contribution in [0.1, 0.15) is 32.8 Å². The van der Waals surface area contributed by atoms with Gasteiger partial charge in [0.25, 0.3) is 5.91 Å². The van der Waals surface area contributed by atoms with Gasteiger partial charge in [0.15, 0.2) is 6.10 Å². The third kappa shape index (κ3) is 3.94. The Bertz CT molecular complexity index is 683. The average molecular weight is 348 g/mol. The largest absolute Gasteiger partial charge is 0.480 e. The third-order valence-corrected chi connectivity index (χ3v) is 4.94. The van der Waals surface area contributed by atoms with Gasteiger partial charge in [-0.05, 0) is 29.9 Å². The van der Waals surface area contributed by atoms with Crippen LogP contribution in [0.25, 0.3) is 0 Å². The van der Waals surface area contributed by atoms with Crippen LogP contribution in [0.3, 0.4) is 0 Å². The number of halogens is 1. The summed E-state index contributed by atoms with van der Waals surface area (Å²) in [6.45, 7) is 7.78. The summed E-state index contributed by atoms with van der Waals surface area (Å²) >= 11 is 0. The number of amides is 2. The van der Waals surface area contributed by atoms with Gasteiger partial charge in [0.05, 0.1) is 0 Å². The van der Waals surface area contributed by atoms with E-state index in [1.54, 1.807) is 17.0 Å². The Balaban J connectivity index is 1.48. The molecule has 0 aromatic heterocycles. The number of benzene rings is 1. The summed E-state index contributed by atoms with van der Waals surface area (Å²) < 4.78 is 19.4. The number of likely N-dealkylation sites (tertiary alicyclic amines) is 1. The number of nitrogens with zero attached hydrogens (tertiary/aromatic N) is 1. The Hall–Kier alpha value is -2.11. The summed E-state index contributed by atoms with van der Waals surface area (Å²) in [6.07, 6.45) is 0.633. The molecule has 136 valence electrons. The molecule has 25 heavy (non-hydrogen) atoms. The molecule has 1 aromatic carbocycles. The van der Waals surface area contributed by atoms with Crippen LogP contribution in [-0.2, 0) is 16.0 Å². The summed E-state index contributed by atoms with van der Waals surface area (Å²) in [6, 6.07) is 4.69. The minimum Gasteiger partial charge on any atom is -0.480 e. The molecule has 1 fully saturated rings. The van der Waals surface area contributed by atoms with Gasteiger partial charge in [-0.3, -0.25) is 9.59 Å². The molecule has 2 amide bonds. The maximum absolute atomic E-state index is 13.8. The van der Waals surface area contributed by atoms with Gasteiger partial charge in [-0.2, -0.15) is 0 Å². The highest BCUT2D eigenvalue weighted by molar-refractivity contribution is 5.83. The highest BCUT2D eigenvalue weighted by Crippen LogP contribution is 2.34. The van der Waals surface area contributed by atoms with Crippen molar-refractivity contribution >= 4 is 11.8 Å². The summed E-state index contributed by atoms with van der Waals surface area (Å²) in [5.74, 6) is 0.504. The predicted octanol–water partition coefficient (Wildman–Crippen LogP) is 2.14. The zero-order chi connectivity index (χ0) is 18.2. The number of hydrogen-bond acceptors (Lipinski definition) is 3. The van der Waals surface area contributed by atoms with Crippen LogP contribution in [0, 0.1) is 17.2 Å². The first kappa shape index (κ1) is 17.7. The number of nitrogens with one attached hydrogen (secondary N) is 1. The minimum atomic E-state index is -0.611. The van der Waals surface area contributed by atoms with Crippen molar-refractivity contribution in [1.29, 1.82) is 0 Å². The zero-order valence-corrected chi connectivity index (χ0v) is 15.0. The maximum Gasteiger partial charge on any atom is 0.264 e. The van der Waals surface area contributed by atoms with Crippen LogP contribution in [0.5, 0.6) is 5.75 Å². The zero-order valence-electron chi connectivity index (χ0n) is 15.0. The first-order valence-corrected chi connectivity index (χ1v) is 8.72. The molecule has 1 atom stereocenters. The van der Waals surface area contributed by atoms with E-state index in [4.69, 9.17) is 4.74 Å². The molecule has 1 saturated heterocycles. The fourth-order valence-corrected chi connectivity index (χ4v) is 3.67. The van der Waals surface area contributed by atoms with E-state index >= 15 is 0 Å². The number of carbonyl (C=O) groups is 2. The second-order valence-electron chi connectivity index (χ2n) is 7.91. The van der Waals surface area contributed by atoms with Gasteiger partial charge < -0.3 is 15.0 Å². The van der Waals surface area contributed by atoms with Crippen LogP contribution in [0.4, 0.5) is 4.39 Å². The Morgan fingerprint density at radius 2 is 2.08 bits per heavy atom. The van der Waals surface area contributed by atoms with Gasteiger partial charge in [-0.15, -0.1) is 0 Å². The number of carbonyl (C=O) groups excluding carboxylic acids is 2. The lowest BCUT2D eigenvalue weighted by Gasteiger charge is -2.43. The van der Waals surface area contributed by atoms with Crippen LogP contribution in [0.15, 0.2) is 18.2 Å². The first-order valence-electron chi connectivity index (χ1n) is 8.72. The van der Waals surface area contributed by atoms with Crippen molar-refractivity contribution in [3.8, 4) is 5.75 Å². The molecule has 0 bridgehead atoms. The smallest absolute Gasteiger partial charge is 0.264 e. The fourth-order valence-electron chi connectivity index (χ4n) is 3.67. The lowest BCUT2D eigenvalue weighted by Crippen LogP contribution is -2.55. The Morgan fingerprint density at radius 1 is 1.36 bits per heavy atom. The van der Waals surface area contributed by atoms with E-state index < -0.39 is 6.10 Å². The molecular weight excluding hydrogens is 323 g/mol. The molecule has 0 saturated carbocycles. The van der Waals surface area contributed by atoms with E-state index in [-0.39, 0.29) is 23.0 Å². The molecule has 1 aromatic rings. The third-order valence-electron chi connectivity index (χ3n) is 4.94. The molecule has 2 heterocycles. The molecule has 2 aliphatic heterocycles. The van der Waals surface area contributed by atoms with Crippen LogP contribution >= 0.6 is 0 Å². The Kier molecular flexibility index (Phi) is 4.71. The van der Waals surface area contributed by atoms with E-state index in [1.807, 2.05) is 0 Å². The van der Waals surface area contributed by atoms with Crippen molar-refractivity contribution < 1.29 is 18.7 Å². The lowest BCUT2D eigenvalue weighted by atomic mass is 9.79. The van der Waals surface area contributed by atoms with Gasteiger partial charge in [0.2, 0.25) is 5.91 Å². The van der Waals surface area contributed by atoms with Gasteiger partial charge in [-0.1, -0.05) is 19.9 Å². The summed E-state index contributed by atoms with van der Waals surface area (Å²) in [7, 11) is 0. The molecule has 0 spiro atoms. The van der Waals surface area contributed by atoms with Gasteiger partial charge in [0, 0.05) is 38.5 Å². The van der Waals surface area contributed by atoms with Gasteiger partial charge in [-0.25, -0.2) is 4.39 Å². The minimum absolute atomic E-state index is 0.00526. The molecule has 1 unspecified atom stereocenters. The topological polar surface area (TPSA) is 58.6 Å². The highest BCUT2D eigenvalue weighted by atomic mass is 19.1. The summed E-state index contributed by atoms with van der Waals surface area (Å²) in [5.41, 5.74) is 0.490. The molecular formula is C19H25FN2O3. The molecule has 0 aliphatic carbocycles. The van der Waals surface area contributed by atoms with Crippen LogP contribution in [-0.4, -0.2) is 42.5 Å². The lowest BCUT2D eigenvalue weighted by molar-refractivity contribution is -0.145. The normalized spacial score (nSPS) is 19.8. The van der Waals surface area contributed by atoms with Crippen molar-refractivity contribution in [2.45, 2.75) is 39.7 Å². The fraction of sp³-hybridized carbons (Fsp3) is 0.579. The monoisotopic (exact) mass is 348 g/mol. The number of hydrogen-bond donors (Lipinski definition) is 1. The van der Waals surface area contributed by atoms with Crippen molar-refractivity contribution in [1.82, 2.24) is 10.2 Å². The quantitative estimate of drug-likeness (QED) is 0.887. The highest BCUT2D eigenvalue weighted by Gasteiger charge is 2.40. The van der Waals surface area contributed by atoms with E-state index in [2.05, 4.69) is 19.2 Å². The summed E-state index contributed by atoms with van der Waals surface area (Å²) in [4.78, 5) is 25.4. The predicted molar refractivity (Wildman–Crippen MR) is 91.7 cm³/mol. The van der Waals surface area contributed by atoms with E-state index in [0.717, 1.165) is 6.42 Å². The number of rotatable bonds is 5. The maximum atomic E-state index is 13.8.